The van der Waals surface area contributed by atoms with Crippen molar-refractivity contribution >= 4 is 40.1 Å². The number of nitrogens with two attached hydrogens (primary N) is 1. The number of hydrogen-bond donors (Lipinski definition) is 3. The van der Waals surface area contributed by atoms with E-state index in [9.17, 15) is 27.9 Å². The number of nitrogen functional groups attached to an aromatic ring is 1. The van der Waals surface area contributed by atoms with Crippen LogP contribution in [0.25, 0.3) is 11.1 Å². The third-order valence-electron chi connectivity index (χ3n) is 5.42. The predicted molar refractivity (Wildman–Crippen MR) is 134 cm³/mol. The molecule has 206 valence electrons. The number of halogens is 3. The first kappa shape index (κ1) is 29.1. The molecule has 0 saturated heterocycles. The van der Waals surface area contributed by atoms with Crippen LogP contribution in [0.5, 0.6) is 0 Å². The van der Waals surface area contributed by atoms with Gasteiger partial charge in [-0.05, 0) is 36.1 Å². The van der Waals surface area contributed by atoms with Gasteiger partial charge in [-0.25, -0.2) is 19.4 Å². The number of rotatable bonds is 7. The van der Waals surface area contributed by atoms with Crippen LogP contribution < -0.4 is 5.73 Å². The van der Waals surface area contributed by atoms with E-state index in [2.05, 4.69) is 10.1 Å². The number of thiazole rings is 1. The lowest BCUT2D eigenvalue weighted by Crippen LogP contribution is -2.34. The minimum Gasteiger partial charge on any atom is -0.478 e. The van der Waals surface area contributed by atoms with Gasteiger partial charge >= 0.3 is 24.1 Å². The Labute approximate surface area is 223 Å². The molecule has 0 spiro atoms. The zero-order valence-corrected chi connectivity index (χ0v) is 21.2. The van der Waals surface area contributed by atoms with Crippen LogP contribution in [0.4, 0.5) is 18.3 Å². The molecular formula is C25H22F3N3O7S. The summed E-state index contributed by atoms with van der Waals surface area (Å²) in [6.45, 7) is 2.72. The Morgan fingerprint density at radius 2 is 1.51 bits per heavy atom. The molecule has 0 atom stereocenters. The molecule has 0 fully saturated rings. The Kier molecular flexibility index (Phi) is 8.59. The standard InChI is InChI=1S/C23H21N3O5S.C2HF3O2/c1-23(2,21(28)29)31-26-19(18-12-32-22(24)25-18)20(27)30-11-17-15-9-5-3-7-13(15)14-8-4-6-10-16(14)17;3-2(4,5)1(6)7/h3-10,12,17H,11H2,1-2H3,(H2,24,25)(H,28,29);(H,6,7)/b26-19-;. The second-order valence-electron chi connectivity index (χ2n) is 8.55. The fourth-order valence-electron chi connectivity index (χ4n) is 3.45. The van der Waals surface area contributed by atoms with Gasteiger partial charge < -0.3 is 25.5 Å². The maximum atomic E-state index is 13.0. The number of esters is 1. The fourth-order valence-corrected chi connectivity index (χ4v) is 4.00. The SMILES string of the molecule is CC(C)(O/N=C(\C(=O)OCC1c2ccccc2-c2ccccc21)c1csc(N)n1)C(=O)O.O=C(O)C(F)(F)F. The van der Waals surface area contributed by atoms with Crippen LogP contribution >= 0.6 is 11.3 Å². The van der Waals surface area contributed by atoms with Crippen molar-refractivity contribution in [2.45, 2.75) is 31.5 Å². The summed E-state index contributed by atoms with van der Waals surface area (Å²) in [7, 11) is 0. The van der Waals surface area contributed by atoms with Crippen molar-refractivity contribution in [3.8, 4) is 11.1 Å². The highest BCUT2D eigenvalue weighted by atomic mass is 32.1. The summed E-state index contributed by atoms with van der Waals surface area (Å²) in [6.07, 6.45) is -5.08. The van der Waals surface area contributed by atoms with Gasteiger partial charge in [0.15, 0.2) is 5.13 Å². The van der Waals surface area contributed by atoms with E-state index in [0.29, 0.717) is 0 Å². The zero-order chi connectivity index (χ0) is 29.0. The molecule has 4 N–H and O–H groups in total. The average Bonchev–Trinajstić information content (AvgIpc) is 3.43. The molecule has 10 nitrogen and oxygen atoms in total. The predicted octanol–water partition coefficient (Wildman–Crippen LogP) is 4.30. The van der Waals surface area contributed by atoms with E-state index in [1.807, 2.05) is 48.5 Å². The Morgan fingerprint density at radius 3 is 1.95 bits per heavy atom. The van der Waals surface area contributed by atoms with Gasteiger partial charge in [0.1, 0.15) is 12.3 Å². The maximum Gasteiger partial charge on any atom is 0.490 e. The highest BCUT2D eigenvalue weighted by Gasteiger charge is 2.38. The number of fused-ring (bicyclic) bond motifs is 3. The number of oxime groups is 1. The number of carboxylic acids is 2. The van der Waals surface area contributed by atoms with E-state index in [4.69, 9.17) is 25.2 Å². The van der Waals surface area contributed by atoms with E-state index >= 15 is 0 Å². The minimum absolute atomic E-state index is 0.0772. The highest BCUT2D eigenvalue weighted by Crippen LogP contribution is 2.44. The number of anilines is 1. The first-order valence-electron chi connectivity index (χ1n) is 11.1. The molecule has 1 aliphatic carbocycles. The molecule has 3 aromatic rings. The highest BCUT2D eigenvalue weighted by molar-refractivity contribution is 7.13. The first-order chi connectivity index (χ1) is 18.2. The van der Waals surface area contributed by atoms with Crippen molar-refractivity contribution in [3.63, 3.8) is 0 Å². The summed E-state index contributed by atoms with van der Waals surface area (Å²) >= 11 is 1.12. The lowest BCUT2D eigenvalue weighted by atomic mass is 9.98. The van der Waals surface area contributed by atoms with Gasteiger partial charge in [0, 0.05) is 11.3 Å². The molecule has 1 heterocycles. The summed E-state index contributed by atoms with van der Waals surface area (Å²) in [5.74, 6) is -4.90. The summed E-state index contributed by atoms with van der Waals surface area (Å²) in [5, 5.41) is 21.9. The third kappa shape index (κ3) is 6.90. The quantitative estimate of drug-likeness (QED) is 0.215. The number of hydrogen-bond acceptors (Lipinski definition) is 9. The average molecular weight is 566 g/mol. The number of alkyl halides is 3. The van der Waals surface area contributed by atoms with Crippen LogP contribution in [0.2, 0.25) is 0 Å². The van der Waals surface area contributed by atoms with Gasteiger partial charge in [0.05, 0.1) is 0 Å². The summed E-state index contributed by atoms with van der Waals surface area (Å²) in [5.41, 5.74) is 8.32. The smallest absolute Gasteiger partial charge is 0.478 e. The number of aromatic nitrogens is 1. The van der Waals surface area contributed by atoms with Crippen molar-refractivity contribution in [1.29, 1.82) is 0 Å². The van der Waals surface area contributed by atoms with Gasteiger partial charge in [-0.1, -0.05) is 53.7 Å². The Hall–Kier alpha value is -4.46. The van der Waals surface area contributed by atoms with Crippen LogP contribution in [0.1, 0.15) is 36.6 Å². The molecule has 4 rings (SSSR count). The number of carbonyl (C=O) groups excluding carboxylic acids is 1. The van der Waals surface area contributed by atoms with Crippen molar-refractivity contribution in [1.82, 2.24) is 4.98 Å². The first-order valence-corrected chi connectivity index (χ1v) is 12.0. The number of benzene rings is 2. The van der Waals surface area contributed by atoms with Gasteiger partial charge in [0.2, 0.25) is 11.3 Å². The normalized spacial score (nSPS) is 13.0. The fraction of sp³-hybridized carbons (Fsp3) is 0.240. The molecule has 1 aromatic heterocycles. The largest absolute Gasteiger partial charge is 0.490 e. The molecule has 2 aromatic carbocycles. The number of aliphatic carboxylic acids is 2. The van der Waals surface area contributed by atoms with Crippen molar-refractivity contribution in [2.75, 3.05) is 12.3 Å². The van der Waals surface area contributed by atoms with Crippen LogP contribution in [-0.2, 0) is 24.0 Å². The Morgan fingerprint density at radius 1 is 1.00 bits per heavy atom. The van der Waals surface area contributed by atoms with Gasteiger partial charge in [-0.3, -0.25) is 0 Å². The second-order valence-corrected chi connectivity index (χ2v) is 9.44. The number of nitrogens with zero attached hydrogens (tertiary/aromatic N) is 2. The maximum absolute atomic E-state index is 13.0. The molecule has 0 saturated carbocycles. The van der Waals surface area contributed by atoms with Gasteiger partial charge in [-0.15, -0.1) is 11.3 Å². The van der Waals surface area contributed by atoms with Crippen LogP contribution in [0.15, 0.2) is 59.1 Å². The molecule has 1 aliphatic rings. The lowest BCUT2D eigenvalue weighted by Gasteiger charge is -2.17. The second kappa shape index (κ2) is 11.5. The van der Waals surface area contributed by atoms with Gasteiger partial charge in [0.25, 0.3) is 0 Å². The topological polar surface area (TPSA) is 161 Å². The number of carbonyl (C=O) groups is 3. The van der Waals surface area contributed by atoms with E-state index < -0.39 is 29.7 Å². The lowest BCUT2D eigenvalue weighted by molar-refractivity contribution is -0.192. The molecule has 39 heavy (non-hydrogen) atoms. The van der Waals surface area contributed by atoms with E-state index in [1.165, 1.54) is 19.2 Å². The van der Waals surface area contributed by atoms with Crippen LogP contribution in [0, 0.1) is 0 Å². The molecule has 14 heteroatoms. The monoisotopic (exact) mass is 565 g/mol. The Bertz CT molecular complexity index is 1370. The van der Waals surface area contributed by atoms with E-state index in [-0.39, 0.29) is 29.1 Å². The third-order valence-corrected chi connectivity index (χ3v) is 6.10. The molecule has 0 unspecified atom stereocenters. The minimum atomic E-state index is -5.08. The zero-order valence-electron chi connectivity index (χ0n) is 20.4. The summed E-state index contributed by atoms with van der Waals surface area (Å²) in [6, 6.07) is 16.0. The molecule has 0 bridgehead atoms. The van der Waals surface area contributed by atoms with E-state index in [0.717, 1.165) is 33.6 Å². The molecule has 0 aliphatic heterocycles. The Balaban J connectivity index is 0.000000532. The van der Waals surface area contributed by atoms with Gasteiger partial charge in [-0.2, -0.15) is 13.2 Å². The van der Waals surface area contributed by atoms with Crippen molar-refractivity contribution in [2.24, 2.45) is 5.16 Å². The van der Waals surface area contributed by atoms with E-state index in [1.54, 1.807) is 0 Å². The number of ether oxygens (including phenoxy) is 1. The number of carboxylic acid groups (broad SMARTS) is 2. The van der Waals surface area contributed by atoms with Crippen LogP contribution in [0.3, 0.4) is 0 Å². The molecule has 0 radical (unpaired) electrons. The molecular weight excluding hydrogens is 543 g/mol. The summed E-state index contributed by atoms with van der Waals surface area (Å²) < 4.78 is 37.4. The van der Waals surface area contributed by atoms with Crippen LogP contribution in [-0.4, -0.2) is 57.2 Å². The van der Waals surface area contributed by atoms with Crippen molar-refractivity contribution < 1.29 is 47.3 Å². The van der Waals surface area contributed by atoms with Crippen molar-refractivity contribution in [3.05, 3.63) is 70.7 Å². The molecule has 0 amide bonds. The summed E-state index contributed by atoms with van der Waals surface area (Å²) in [4.78, 5) is 42.4.